The Hall–Kier alpha value is 0.623. The van der Waals surface area contributed by atoms with E-state index in [0.717, 1.165) is 0 Å². The van der Waals surface area contributed by atoms with E-state index >= 15 is 0 Å². The molecular weight excluding hydrogens is 214 g/mol. The predicted octanol–water partition coefficient (Wildman–Crippen LogP) is 1.86. The Balaban J connectivity index is 0.000000490. The third kappa shape index (κ3) is 2.26. The average Bonchev–Trinajstić information content (AvgIpc) is 1.87. The summed E-state index contributed by atoms with van der Waals surface area (Å²) in [6, 6.07) is 0. The molecule has 0 unspecified atom stereocenters. The summed E-state index contributed by atoms with van der Waals surface area (Å²) in [5.74, 6) is 0. The molecule has 0 atom stereocenters. The Labute approximate surface area is 73.3 Å². The van der Waals surface area contributed by atoms with Crippen molar-refractivity contribution in [2.75, 3.05) is 0 Å². The van der Waals surface area contributed by atoms with Crippen molar-refractivity contribution in [1.82, 2.24) is 9.36 Å². The standard InChI is InChI=1S/C2H2N2S3.Zn/c5-1-3-2(6)7-4-1;/h(H2,3,4,5,6);. The maximum absolute atomic E-state index is 4.70. The van der Waals surface area contributed by atoms with Crippen molar-refractivity contribution in [1.29, 1.82) is 0 Å². The van der Waals surface area contributed by atoms with Gasteiger partial charge in [0.1, 0.15) is 0 Å². The molecule has 0 amide bonds. The minimum atomic E-state index is 0. The SMILES string of the molecule is S=c1[nH]sc(=S)[nH]1.[Zn]. The minimum absolute atomic E-state index is 0. The number of rotatable bonds is 0. The summed E-state index contributed by atoms with van der Waals surface area (Å²) in [5.41, 5.74) is 0. The zero-order valence-electron chi connectivity index (χ0n) is 3.93. The minimum Gasteiger partial charge on any atom is -0.313 e. The van der Waals surface area contributed by atoms with Gasteiger partial charge in [0, 0.05) is 19.5 Å². The van der Waals surface area contributed by atoms with Crippen molar-refractivity contribution in [2.45, 2.75) is 0 Å². The van der Waals surface area contributed by atoms with Crippen LogP contribution in [-0.2, 0) is 19.5 Å². The van der Waals surface area contributed by atoms with E-state index in [1.54, 1.807) is 0 Å². The zero-order chi connectivity index (χ0) is 5.28. The van der Waals surface area contributed by atoms with Gasteiger partial charge in [-0.1, -0.05) is 0 Å². The molecule has 0 aromatic carbocycles. The van der Waals surface area contributed by atoms with E-state index in [2.05, 4.69) is 21.6 Å². The van der Waals surface area contributed by atoms with E-state index in [-0.39, 0.29) is 19.5 Å². The quantitative estimate of drug-likeness (QED) is 0.511. The summed E-state index contributed by atoms with van der Waals surface area (Å²) in [6.07, 6.45) is 0. The molecule has 0 saturated carbocycles. The van der Waals surface area contributed by atoms with Gasteiger partial charge in [0.15, 0.2) is 8.73 Å². The molecule has 0 aliphatic carbocycles. The number of hydrogen-bond acceptors (Lipinski definition) is 3. The largest absolute Gasteiger partial charge is 0.313 e. The second-order valence-electron chi connectivity index (χ2n) is 0.946. The van der Waals surface area contributed by atoms with Gasteiger partial charge in [-0.15, -0.1) is 0 Å². The molecule has 1 aromatic rings. The first-order valence-corrected chi connectivity index (χ1v) is 3.20. The van der Waals surface area contributed by atoms with Crippen LogP contribution in [0.4, 0.5) is 0 Å². The van der Waals surface area contributed by atoms with Crippen LogP contribution in [0.5, 0.6) is 0 Å². The molecule has 0 aliphatic rings. The maximum atomic E-state index is 4.70. The third-order valence-corrected chi connectivity index (χ3v) is 1.73. The molecule has 1 aromatic heterocycles. The normalized spacial score (nSPS) is 8.00. The van der Waals surface area contributed by atoms with Crippen molar-refractivity contribution in [2.24, 2.45) is 0 Å². The fourth-order valence-electron chi connectivity index (χ4n) is 0.236. The molecule has 8 heavy (non-hydrogen) atoms. The molecule has 0 aliphatic heterocycles. The topological polar surface area (TPSA) is 31.6 Å². The molecule has 0 spiro atoms. The van der Waals surface area contributed by atoms with Crippen LogP contribution in [0, 0.1) is 8.73 Å². The Morgan fingerprint density at radius 3 is 2.12 bits per heavy atom. The number of nitrogens with one attached hydrogen (secondary N) is 2. The van der Waals surface area contributed by atoms with Gasteiger partial charge in [0.25, 0.3) is 0 Å². The van der Waals surface area contributed by atoms with Crippen LogP contribution in [-0.4, -0.2) is 9.36 Å². The Morgan fingerprint density at radius 2 is 2.00 bits per heavy atom. The number of hydrogen-bond donors (Lipinski definition) is 2. The summed E-state index contributed by atoms with van der Waals surface area (Å²) in [7, 11) is 0. The van der Waals surface area contributed by atoms with E-state index in [9.17, 15) is 0 Å². The van der Waals surface area contributed by atoms with Gasteiger partial charge in [0.05, 0.1) is 0 Å². The first kappa shape index (κ1) is 8.62. The molecule has 2 nitrogen and oxygen atoms in total. The van der Waals surface area contributed by atoms with E-state index in [0.29, 0.717) is 8.73 Å². The maximum Gasteiger partial charge on any atom is 0.185 e. The molecule has 40 valence electrons. The van der Waals surface area contributed by atoms with Crippen LogP contribution in [0.1, 0.15) is 0 Å². The van der Waals surface area contributed by atoms with E-state index in [1.807, 2.05) is 0 Å². The molecule has 0 bridgehead atoms. The molecule has 0 fully saturated rings. The van der Waals surface area contributed by atoms with Gasteiger partial charge >= 0.3 is 0 Å². The van der Waals surface area contributed by atoms with E-state index < -0.39 is 0 Å². The first-order valence-electron chi connectivity index (χ1n) is 1.57. The molecular formula is C2H2N2S3Zn. The van der Waals surface area contributed by atoms with Crippen LogP contribution < -0.4 is 0 Å². The van der Waals surface area contributed by atoms with Crippen molar-refractivity contribution >= 4 is 36.0 Å². The summed E-state index contributed by atoms with van der Waals surface area (Å²) < 4.78 is 4.07. The summed E-state index contributed by atoms with van der Waals surface area (Å²) in [5, 5.41) is 0. The van der Waals surface area contributed by atoms with Crippen molar-refractivity contribution in [3.05, 3.63) is 8.73 Å². The fourth-order valence-corrected chi connectivity index (χ4v) is 1.21. The van der Waals surface area contributed by atoms with Gasteiger partial charge in [0.2, 0.25) is 0 Å². The van der Waals surface area contributed by atoms with Gasteiger partial charge in [-0.2, -0.15) is 0 Å². The van der Waals surface area contributed by atoms with E-state index in [4.69, 9.17) is 12.2 Å². The van der Waals surface area contributed by atoms with Crippen LogP contribution in [0.2, 0.25) is 0 Å². The van der Waals surface area contributed by atoms with Crippen LogP contribution >= 0.6 is 36.0 Å². The summed E-state index contributed by atoms with van der Waals surface area (Å²) in [6.45, 7) is 0. The van der Waals surface area contributed by atoms with Gasteiger partial charge in [-0.3, -0.25) is 4.37 Å². The number of aromatic nitrogens is 2. The molecule has 2 N–H and O–H groups in total. The number of H-pyrrole nitrogens is 2. The molecule has 1 rings (SSSR count). The monoisotopic (exact) mass is 214 g/mol. The zero-order valence-corrected chi connectivity index (χ0v) is 9.35. The Kier molecular flexibility index (Phi) is 3.89. The van der Waals surface area contributed by atoms with Crippen LogP contribution in [0.15, 0.2) is 0 Å². The third-order valence-electron chi connectivity index (χ3n) is 0.452. The van der Waals surface area contributed by atoms with Crippen molar-refractivity contribution in [3.8, 4) is 0 Å². The fraction of sp³-hybridized carbons (Fsp3) is 0. The van der Waals surface area contributed by atoms with Crippen LogP contribution in [0.25, 0.3) is 0 Å². The second kappa shape index (κ2) is 3.61. The average molecular weight is 216 g/mol. The molecule has 6 heteroatoms. The second-order valence-corrected chi connectivity index (χ2v) is 2.84. The predicted molar refractivity (Wildman–Crippen MR) is 34.7 cm³/mol. The van der Waals surface area contributed by atoms with Crippen LogP contribution in [0.3, 0.4) is 0 Å². The molecule has 0 saturated heterocycles. The van der Waals surface area contributed by atoms with Gasteiger partial charge in [-0.25, -0.2) is 0 Å². The summed E-state index contributed by atoms with van der Waals surface area (Å²) in [4.78, 5) is 2.73. The smallest absolute Gasteiger partial charge is 0.185 e. The van der Waals surface area contributed by atoms with Crippen molar-refractivity contribution in [3.63, 3.8) is 0 Å². The Morgan fingerprint density at radius 1 is 1.38 bits per heavy atom. The first-order chi connectivity index (χ1) is 3.29. The van der Waals surface area contributed by atoms with Gasteiger partial charge in [-0.05, 0) is 36.0 Å². The number of aromatic amines is 2. The molecule has 0 radical (unpaired) electrons. The Bertz CT molecular complexity index is 220. The van der Waals surface area contributed by atoms with Crippen molar-refractivity contribution < 1.29 is 19.5 Å². The van der Waals surface area contributed by atoms with Gasteiger partial charge < -0.3 is 4.98 Å². The summed E-state index contributed by atoms with van der Waals surface area (Å²) >= 11 is 10.7. The van der Waals surface area contributed by atoms with E-state index in [1.165, 1.54) is 11.5 Å². The molecule has 1 heterocycles.